The van der Waals surface area contributed by atoms with Crippen LogP contribution in [0.4, 0.5) is 0 Å². The fourth-order valence-corrected chi connectivity index (χ4v) is 2.24. The van der Waals surface area contributed by atoms with Gasteiger partial charge in [-0.05, 0) is 12.1 Å². The number of hydrogen-bond acceptors (Lipinski definition) is 2. The van der Waals surface area contributed by atoms with Gasteiger partial charge in [0.2, 0.25) is 0 Å². The monoisotopic (exact) mass is 304 g/mol. The van der Waals surface area contributed by atoms with Crippen LogP contribution < -0.4 is 5.32 Å². The maximum atomic E-state index is 4.45. The molecule has 2 nitrogen and oxygen atoms in total. The normalized spacial score (nSPS) is 11.8. The number of nitrogens with zero attached hydrogens (tertiary/aromatic N) is 1. The Morgan fingerprint density at radius 1 is 1.33 bits per heavy atom. The van der Waals surface area contributed by atoms with Crippen molar-refractivity contribution < 1.29 is 0 Å². The lowest BCUT2D eigenvalue weighted by Gasteiger charge is -2.05. The third-order valence-corrected chi connectivity index (χ3v) is 3.38. The minimum absolute atomic E-state index is 0.509. The third-order valence-electron chi connectivity index (χ3n) is 2.69. The second kappa shape index (κ2) is 6.12. The number of rotatable bonds is 4. The van der Waals surface area contributed by atoms with Gasteiger partial charge < -0.3 is 5.32 Å². The fourth-order valence-electron chi connectivity index (χ4n) is 1.78. The molecule has 1 aromatic carbocycles. The zero-order valence-corrected chi connectivity index (χ0v) is 12.2. The van der Waals surface area contributed by atoms with Gasteiger partial charge in [0, 0.05) is 34.2 Å². The number of pyridine rings is 1. The molecule has 0 saturated heterocycles. The van der Waals surface area contributed by atoms with E-state index in [1.54, 1.807) is 0 Å². The van der Waals surface area contributed by atoms with Gasteiger partial charge in [-0.2, -0.15) is 0 Å². The molecule has 1 N–H and O–H groups in total. The number of benzene rings is 1. The molecule has 0 aliphatic rings. The highest BCUT2D eigenvalue weighted by Crippen LogP contribution is 2.25. The number of fused-ring (bicyclic) bond motifs is 1. The number of aromatic nitrogens is 1. The molecule has 0 radical (unpaired) electrons. The van der Waals surface area contributed by atoms with Gasteiger partial charge in [0.1, 0.15) is 0 Å². The van der Waals surface area contributed by atoms with Gasteiger partial charge in [-0.15, -0.1) is 0 Å². The quantitative estimate of drug-likeness (QED) is 0.923. The van der Waals surface area contributed by atoms with E-state index in [0.717, 1.165) is 27.5 Å². The Morgan fingerprint density at radius 2 is 2.17 bits per heavy atom. The summed E-state index contributed by atoms with van der Waals surface area (Å²) in [5.41, 5.74) is 2.19. The Morgan fingerprint density at radius 3 is 2.94 bits per heavy atom. The fraction of sp³-hybridized carbons (Fsp3) is 0.267. The summed E-state index contributed by atoms with van der Waals surface area (Å²) in [4.78, 5) is 4.45. The zero-order valence-electron chi connectivity index (χ0n) is 10.7. The maximum Gasteiger partial charge on any atom is 0.0785 e. The van der Waals surface area contributed by atoms with Crippen molar-refractivity contribution in [1.29, 1.82) is 0 Å². The molecule has 3 heteroatoms. The summed E-state index contributed by atoms with van der Waals surface area (Å²) < 4.78 is 1.09. The molecule has 94 valence electrons. The van der Waals surface area contributed by atoms with Gasteiger partial charge in [0.15, 0.2) is 0 Å². The molecule has 0 amide bonds. The van der Waals surface area contributed by atoms with E-state index in [9.17, 15) is 0 Å². The largest absolute Gasteiger partial charge is 0.311 e. The lowest BCUT2D eigenvalue weighted by atomic mass is 10.1. The molecule has 0 spiro atoms. The van der Waals surface area contributed by atoms with Crippen LogP contribution in [0.3, 0.4) is 0 Å². The Kier molecular flexibility index (Phi) is 4.50. The van der Waals surface area contributed by atoms with Crippen LogP contribution >= 0.6 is 15.9 Å². The smallest absolute Gasteiger partial charge is 0.0785 e. The maximum absolute atomic E-state index is 4.45. The summed E-state index contributed by atoms with van der Waals surface area (Å²) in [5, 5.41) is 4.51. The third kappa shape index (κ3) is 3.18. The van der Waals surface area contributed by atoms with Gasteiger partial charge >= 0.3 is 0 Å². The van der Waals surface area contributed by atoms with Crippen LogP contribution in [-0.2, 0) is 0 Å². The second-order valence-electron chi connectivity index (χ2n) is 4.50. The van der Waals surface area contributed by atoms with E-state index in [2.05, 4.69) is 70.4 Å². The Bertz CT molecular complexity index is 561. The molecule has 18 heavy (non-hydrogen) atoms. The van der Waals surface area contributed by atoms with E-state index in [1.807, 2.05) is 12.3 Å². The van der Waals surface area contributed by atoms with Gasteiger partial charge in [-0.3, -0.25) is 4.98 Å². The first-order valence-electron chi connectivity index (χ1n) is 6.11. The van der Waals surface area contributed by atoms with Crippen molar-refractivity contribution in [3.8, 4) is 0 Å². The van der Waals surface area contributed by atoms with Crippen LogP contribution in [0, 0.1) is 0 Å². The van der Waals surface area contributed by atoms with Crippen molar-refractivity contribution in [3.63, 3.8) is 0 Å². The van der Waals surface area contributed by atoms with Crippen molar-refractivity contribution >= 4 is 32.9 Å². The molecule has 1 aromatic heterocycles. The molecule has 0 saturated carbocycles. The number of halogens is 1. The predicted octanol–water partition coefficient (Wildman–Crippen LogP) is 4.01. The number of nitrogens with one attached hydrogen (secondary N) is 1. The summed E-state index contributed by atoms with van der Waals surface area (Å²) in [6, 6.07) is 8.71. The van der Waals surface area contributed by atoms with Gasteiger partial charge in [-0.25, -0.2) is 0 Å². The highest BCUT2D eigenvalue weighted by atomic mass is 79.9. The van der Waals surface area contributed by atoms with Crippen LogP contribution in [0.5, 0.6) is 0 Å². The lowest BCUT2D eigenvalue weighted by Crippen LogP contribution is -2.22. The van der Waals surface area contributed by atoms with Crippen LogP contribution in [0.1, 0.15) is 19.4 Å². The van der Waals surface area contributed by atoms with E-state index in [4.69, 9.17) is 0 Å². The Hall–Kier alpha value is -1.19. The minimum atomic E-state index is 0.509. The first-order valence-corrected chi connectivity index (χ1v) is 6.91. The van der Waals surface area contributed by atoms with E-state index in [0.29, 0.717) is 6.04 Å². The van der Waals surface area contributed by atoms with Gasteiger partial charge in [0.05, 0.1) is 5.52 Å². The SMILES string of the molecule is CC(C)NC/C=C/c1ccc(Br)c2cccnc12. The number of hydrogen-bond donors (Lipinski definition) is 1. The van der Waals surface area contributed by atoms with Crippen LogP contribution in [-0.4, -0.2) is 17.6 Å². The lowest BCUT2D eigenvalue weighted by molar-refractivity contribution is 0.633. The summed E-state index contributed by atoms with van der Waals surface area (Å²) >= 11 is 3.56. The highest BCUT2D eigenvalue weighted by molar-refractivity contribution is 9.10. The molecule has 2 rings (SSSR count). The molecule has 0 unspecified atom stereocenters. The van der Waals surface area contributed by atoms with Crippen molar-refractivity contribution in [2.24, 2.45) is 0 Å². The average Bonchev–Trinajstić information content (AvgIpc) is 2.37. The summed E-state index contributed by atoms with van der Waals surface area (Å²) in [6.45, 7) is 5.16. The van der Waals surface area contributed by atoms with Crippen molar-refractivity contribution in [2.45, 2.75) is 19.9 Å². The topological polar surface area (TPSA) is 24.9 Å². The second-order valence-corrected chi connectivity index (χ2v) is 5.36. The summed E-state index contributed by atoms with van der Waals surface area (Å²) in [5.74, 6) is 0. The first-order chi connectivity index (χ1) is 8.68. The molecule has 0 fully saturated rings. The van der Waals surface area contributed by atoms with Crippen LogP contribution in [0.2, 0.25) is 0 Å². The molecule has 0 bridgehead atoms. The van der Waals surface area contributed by atoms with Crippen LogP contribution in [0.15, 0.2) is 41.0 Å². The molecule has 2 aromatic rings. The molecular formula is C15H17BrN2. The summed E-state index contributed by atoms with van der Waals surface area (Å²) in [6.07, 6.45) is 6.09. The summed E-state index contributed by atoms with van der Waals surface area (Å²) in [7, 11) is 0. The van der Waals surface area contributed by atoms with Gasteiger partial charge in [-0.1, -0.05) is 54.1 Å². The van der Waals surface area contributed by atoms with E-state index in [1.165, 1.54) is 0 Å². The van der Waals surface area contributed by atoms with Crippen molar-refractivity contribution in [1.82, 2.24) is 10.3 Å². The van der Waals surface area contributed by atoms with E-state index >= 15 is 0 Å². The minimum Gasteiger partial charge on any atom is -0.311 e. The van der Waals surface area contributed by atoms with E-state index in [-0.39, 0.29) is 0 Å². The highest BCUT2D eigenvalue weighted by Gasteiger charge is 2.02. The Labute approximate surface area is 116 Å². The molecular weight excluding hydrogens is 288 g/mol. The van der Waals surface area contributed by atoms with Gasteiger partial charge in [0.25, 0.3) is 0 Å². The Balaban J connectivity index is 2.26. The average molecular weight is 305 g/mol. The molecule has 0 atom stereocenters. The zero-order chi connectivity index (χ0) is 13.0. The van der Waals surface area contributed by atoms with Crippen molar-refractivity contribution in [3.05, 3.63) is 46.6 Å². The molecule has 0 aliphatic carbocycles. The predicted molar refractivity (Wildman–Crippen MR) is 81.6 cm³/mol. The molecule has 0 aliphatic heterocycles. The molecule has 1 heterocycles. The van der Waals surface area contributed by atoms with E-state index < -0.39 is 0 Å². The standard InChI is InChI=1S/C15H17BrN2/c1-11(2)17-9-3-5-12-7-8-14(16)13-6-4-10-18-15(12)13/h3-8,10-11,17H,9H2,1-2H3/b5-3+. The van der Waals surface area contributed by atoms with Crippen molar-refractivity contribution in [2.75, 3.05) is 6.54 Å². The van der Waals surface area contributed by atoms with Crippen LogP contribution in [0.25, 0.3) is 17.0 Å². The first kappa shape index (κ1) is 13.2.